The molecule has 0 saturated heterocycles. The van der Waals surface area contributed by atoms with E-state index in [9.17, 15) is 4.79 Å². The van der Waals surface area contributed by atoms with Crippen molar-refractivity contribution >= 4 is 28.4 Å². The molecule has 30 heavy (non-hydrogen) atoms. The molecule has 2 aliphatic rings. The van der Waals surface area contributed by atoms with E-state index in [0.29, 0.717) is 5.02 Å². The lowest BCUT2D eigenvalue weighted by Crippen LogP contribution is -2.07. The van der Waals surface area contributed by atoms with Crippen molar-refractivity contribution in [3.05, 3.63) is 83.6 Å². The first-order valence-corrected chi connectivity index (χ1v) is 10.2. The number of carbonyl (C=O) groups is 1. The van der Waals surface area contributed by atoms with Crippen LogP contribution in [-0.2, 0) is 4.74 Å². The van der Waals surface area contributed by atoms with Gasteiger partial charge in [0.05, 0.1) is 11.6 Å². The van der Waals surface area contributed by atoms with Crippen molar-refractivity contribution in [3.63, 3.8) is 0 Å². The topological polar surface area (TPSA) is 47.0 Å². The van der Waals surface area contributed by atoms with E-state index in [-0.39, 0.29) is 12.0 Å². The first-order chi connectivity index (χ1) is 14.5. The molecule has 2 aliphatic heterocycles. The standard InChI is InChI=1S/C25H23ClN2O2/c1-16(30-3)22-6-4-5-7-23(22)24-13-20-15-28(17(2)29)25-11-10-21(26)12-18(25)8-9-19(20)14-27-24/h4-16,27H,1-3H3. The fraction of sp³-hybridized carbons (Fsp3) is 0.160. The van der Waals surface area contributed by atoms with Crippen molar-refractivity contribution in [1.82, 2.24) is 9.55 Å². The van der Waals surface area contributed by atoms with Crippen molar-refractivity contribution in [2.75, 3.05) is 7.11 Å². The fourth-order valence-electron chi connectivity index (χ4n) is 3.68. The number of H-pyrrole nitrogens is 1. The van der Waals surface area contributed by atoms with Crippen LogP contribution < -0.4 is 0 Å². The minimum absolute atomic E-state index is 0.0363. The summed E-state index contributed by atoms with van der Waals surface area (Å²) in [5.74, 6) is -0.0670. The number of nitrogens with zero attached hydrogens (tertiary/aromatic N) is 1. The van der Waals surface area contributed by atoms with Crippen LogP contribution >= 0.6 is 11.6 Å². The Bertz CT molecular complexity index is 1250. The summed E-state index contributed by atoms with van der Waals surface area (Å²) in [4.78, 5) is 15.9. The minimum Gasteiger partial charge on any atom is -0.377 e. The number of pyridine rings is 1. The highest BCUT2D eigenvalue weighted by atomic mass is 35.5. The third kappa shape index (κ3) is 3.84. The minimum atomic E-state index is -0.0670. The van der Waals surface area contributed by atoms with Crippen LogP contribution in [0, 0.1) is 0 Å². The maximum atomic E-state index is 12.5. The SMILES string of the molecule is COC(C)c1ccccc1-c1cc2cn(C(C)=O)c3ccc(Cl)cc3ccc-2c[nH]1. The molecule has 0 aliphatic carbocycles. The number of methoxy groups -OCH3 is 1. The number of aromatic amines is 1. The number of hydrogen-bond donors (Lipinski definition) is 1. The average Bonchev–Trinajstić information content (AvgIpc) is 2.74. The predicted molar refractivity (Wildman–Crippen MR) is 123 cm³/mol. The molecule has 1 unspecified atom stereocenters. The molecule has 1 N–H and O–H groups in total. The number of halogens is 1. The molecule has 152 valence electrons. The molecule has 5 heteroatoms. The van der Waals surface area contributed by atoms with Crippen LogP contribution in [-0.4, -0.2) is 22.6 Å². The van der Waals surface area contributed by atoms with Gasteiger partial charge in [0.1, 0.15) is 0 Å². The van der Waals surface area contributed by atoms with Gasteiger partial charge in [0, 0.05) is 53.7 Å². The van der Waals surface area contributed by atoms with Crippen molar-refractivity contribution in [2.45, 2.75) is 20.0 Å². The smallest absolute Gasteiger partial charge is 0.227 e. The molecular weight excluding hydrogens is 396 g/mol. The summed E-state index contributed by atoms with van der Waals surface area (Å²) in [5, 5.41) is 1.52. The van der Waals surface area contributed by atoms with Gasteiger partial charge in [0.25, 0.3) is 0 Å². The van der Waals surface area contributed by atoms with Gasteiger partial charge in [0.2, 0.25) is 5.91 Å². The summed E-state index contributed by atoms with van der Waals surface area (Å²) < 4.78 is 7.22. The number of fused-ring (bicyclic) bond motifs is 2. The van der Waals surface area contributed by atoms with Crippen LogP contribution in [0.15, 0.2) is 73.1 Å². The number of hydrogen-bond acceptors (Lipinski definition) is 2. The second-order valence-electron chi connectivity index (χ2n) is 7.28. The van der Waals surface area contributed by atoms with Crippen LogP contribution in [0.4, 0.5) is 0 Å². The van der Waals surface area contributed by atoms with Crippen molar-refractivity contribution in [3.8, 4) is 22.4 Å². The van der Waals surface area contributed by atoms with Crippen molar-refractivity contribution < 1.29 is 9.53 Å². The zero-order chi connectivity index (χ0) is 21.3. The number of benzene rings is 2. The Morgan fingerprint density at radius 2 is 1.87 bits per heavy atom. The highest BCUT2D eigenvalue weighted by molar-refractivity contribution is 6.31. The lowest BCUT2D eigenvalue weighted by Gasteiger charge is -2.17. The van der Waals surface area contributed by atoms with Gasteiger partial charge in [-0.15, -0.1) is 0 Å². The molecule has 0 spiro atoms. The summed E-state index contributed by atoms with van der Waals surface area (Å²) in [7, 11) is 1.71. The normalized spacial score (nSPS) is 12.1. The Labute approximate surface area is 180 Å². The molecule has 4 nitrogen and oxygen atoms in total. The highest BCUT2D eigenvalue weighted by Crippen LogP contribution is 2.32. The van der Waals surface area contributed by atoms with Gasteiger partial charge in [-0.1, -0.05) is 48.0 Å². The number of rotatable bonds is 3. The Hall–Kier alpha value is -3.08. The molecule has 2 aromatic carbocycles. The van der Waals surface area contributed by atoms with E-state index in [2.05, 4.69) is 23.2 Å². The third-order valence-corrected chi connectivity index (χ3v) is 5.59. The number of nitrogens with one attached hydrogen (secondary N) is 1. The molecule has 0 bridgehead atoms. The van der Waals surface area contributed by atoms with E-state index in [1.807, 2.05) is 55.7 Å². The molecule has 2 heterocycles. The summed E-state index contributed by atoms with van der Waals surface area (Å²) in [5.41, 5.74) is 5.84. The Balaban J connectivity index is 2.00. The largest absolute Gasteiger partial charge is 0.377 e. The number of ether oxygens (including phenoxy) is 1. The number of carbonyl (C=O) groups excluding carboxylic acids is 1. The second kappa shape index (κ2) is 8.34. The first kappa shape index (κ1) is 20.2. The fourth-order valence-corrected chi connectivity index (χ4v) is 3.86. The van der Waals surface area contributed by atoms with E-state index in [1.54, 1.807) is 24.7 Å². The molecule has 0 fully saturated rings. The van der Waals surface area contributed by atoms with E-state index in [0.717, 1.165) is 38.9 Å². The van der Waals surface area contributed by atoms with Crippen LogP contribution in [0.2, 0.25) is 5.02 Å². The van der Waals surface area contributed by atoms with Crippen molar-refractivity contribution in [2.24, 2.45) is 0 Å². The van der Waals surface area contributed by atoms with Crippen molar-refractivity contribution in [1.29, 1.82) is 0 Å². The maximum absolute atomic E-state index is 12.5. The molecule has 0 amide bonds. The van der Waals surface area contributed by atoms with Gasteiger partial charge in [-0.25, -0.2) is 0 Å². The molecule has 0 saturated carbocycles. The van der Waals surface area contributed by atoms with Gasteiger partial charge < -0.3 is 9.72 Å². The van der Waals surface area contributed by atoms with E-state index >= 15 is 0 Å². The third-order valence-electron chi connectivity index (χ3n) is 5.36. The van der Waals surface area contributed by atoms with E-state index in [1.165, 1.54) is 0 Å². The monoisotopic (exact) mass is 418 g/mol. The van der Waals surface area contributed by atoms with Crippen LogP contribution in [0.5, 0.6) is 0 Å². The zero-order valence-electron chi connectivity index (χ0n) is 17.1. The first-order valence-electron chi connectivity index (χ1n) is 9.78. The maximum Gasteiger partial charge on any atom is 0.227 e. The summed E-state index contributed by atoms with van der Waals surface area (Å²) in [6.07, 6.45) is 3.80. The van der Waals surface area contributed by atoms with Gasteiger partial charge in [0.15, 0.2) is 0 Å². The quantitative estimate of drug-likeness (QED) is 0.394. The molecule has 0 radical (unpaired) electrons. The van der Waals surface area contributed by atoms with E-state index in [4.69, 9.17) is 16.3 Å². The molecular formula is C25H23ClN2O2. The van der Waals surface area contributed by atoms with Crippen LogP contribution in [0.1, 0.15) is 30.3 Å². The van der Waals surface area contributed by atoms with Gasteiger partial charge >= 0.3 is 0 Å². The van der Waals surface area contributed by atoms with Gasteiger partial charge in [-0.05, 0) is 42.3 Å². The van der Waals surface area contributed by atoms with Crippen LogP contribution in [0.3, 0.4) is 0 Å². The Morgan fingerprint density at radius 3 is 2.63 bits per heavy atom. The summed E-state index contributed by atoms with van der Waals surface area (Å²) in [6, 6.07) is 19.8. The Morgan fingerprint density at radius 1 is 1.07 bits per heavy atom. The lowest BCUT2D eigenvalue weighted by molar-refractivity contribution is 0.0941. The number of aromatic nitrogens is 2. The molecule has 1 atom stereocenters. The predicted octanol–water partition coefficient (Wildman–Crippen LogP) is 6.89. The van der Waals surface area contributed by atoms with Crippen LogP contribution in [0.25, 0.3) is 33.3 Å². The summed E-state index contributed by atoms with van der Waals surface area (Å²) >= 11 is 6.18. The second-order valence-corrected chi connectivity index (χ2v) is 7.71. The van der Waals surface area contributed by atoms with E-state index < -0.39 is 0 Å². The molecule has 0 aromatic heterocycles. The summed E-state index contributed by atoms with van der Waals surface area (Å²) in [6.45, 7) is 3.59. The molecule has 4 rings (SSSR count). The van der Waals surface area contributed by atoms with Gasteiger partial charge in [-0.2, -0.15) is 0 Å². The van der Waals surface area contributed by atoms with Gasteiger partial charge in [-0.3, -0.25) is 9.36 Å². The Kier molecular flexibility index (Phi) is 5.62. The highest BCUT2D eigenvalue weighted by Gasteiger charge is 2.13. The average molecular weight is 419 g/mol. The zero-order valence-corrected chi connectivity index (χ0v) is 17.9. The molecule has 2 aromatic rings. The lowest BCUT2D eigenvalue weighted by atomic mass is 9.98.